The first kappa shape index (κ1) is 94.9. The third kappa shape index (κ3) is 85.8. The van der Waals surface area contributed by atoms with Crippen LogP contribution in [-0.2, 0) is 10.4 Å². The van der Waals surface area contributed by atoms with Gasteiger partial charge in [-0.25, -0.2) is 0 Å². The lowest BCUT2D eigenvalue weighted by Crippen LogP contribution is -2.37. The summed E-state index contributed by atoms with van der Waals surface area (Å²) in [5.41, 5.74) is 0. The third-order valence-corrected chi connectivity index (χ3v) is 20.2. The van der Waals surface area contributed by atoms with E-state index < -0.39 is 10.4 Å². The van der Waals surface area contributed by atoms with Gasteiger partial charge in [0.25, 0.3) is 0 Å². The van der Waals surface area contributed by atoms with Crippen molar-refractivity contribution in [3.8, 4) is 0 Å². The zero-order valence-electron chi connectivity index (χ0n) is 63.4. The van der Waals surface area contributed by atoms with Crippen molar-refractivity contribution in [3.63, 3.8) is 0 Å². The highest BCUT2D eigenvalue weighted by molar-refractivity contribution is 7.79. The molecule has 0 amide bonds. The Balaban J connectivity index is -0.00000158. The first-order valence-electron chi connectivity index (χ1n) is 42.0. The fraction of sp³-hybridized carbons (Fsp3) is 1.00. The summed E-state index contributed by atoms with van der Waals surface area (Å²) < 4.78 is 31.6. The molecule has 9 heteroatoms. The first-order valence-corrected chi connectivity index (χ1v) is 43.4. The van der Waals surface area contributed by atoms with Crippen LogP contribution in [0.3, 0.4) is 0 Å². The summed E-state index contributed by atoms with van der Waals surface area (Å²) in [6, 6.07) is 1.38. The molecule has 0 bridgehead atoms. The number of aliphatic hydroxyl groups is 2. The molecular weight excluding hydrogens is 1140 g/mol. The lowest BCUT2D eigenvalue weighted by Gasteiger charge is -2.30. The second-order valence-corrected chi connectivity index (χ2v) is 29.7. The van der Waals surface area contributed by atoms with E-state index in [9.17, 15) is 10.2 Å². The zero-order chi connectivity index (χ0) is 67.1. The standard InChI is InChI=1S/2C41H85NO.H2O4S/c2*1-4-7-9-11-13-15-17-19-21-23-25-27-29-31-33-35-37-41(42(6-3)39-40-43)38-36-34-32-30-28-26-24-22-20-18-16-14-12-10-8-5-2;1-5(2,3)4/h2*41,43H,4-40H2,1-3H3;(H2,1,2,3,4). The van der Waals surface area contributed by atoms with E-state index in [2.05, 4.69) is 51.3 Å². The monoisotopic (exact) mass is 1310 g/mol. The highest BCUT2D eigenvalue weighted by Crippen LogP contribution is 2.23. The predicted molar refractivity (Wildman–Crippen MR) is 407 cm³/mol. The van der Waals surface area contributed by atoms with Gasteiger partial charge in [-0.1, -0.05) is 452 Å². The Morgan fingerprint density at radius 1 is 0.220 bits per heavy atom. The van der Waals surface area contributed by atoms with Crippen LogP contribution in [0.4, 0.5) is 0 Å². The summed E-state index contributed by atoms with van der Waals surface area (Å²) in [4.78, 5) is 5.13. The van der Waals surface area contributed by atoms with Gasteiger partial charge in [0, 0.05) is 25.2 Å². The van der Waals surface area contributed by atoms with E-state index in [4.69, 9.17) is 17.5 Å². The molecule has 4 N–H and O–H groups in total. The maximum Gasteiger partial charge on any atom is 0.394 e. The Hall–Kier alpha value is -0.290. The Kier molecular flexibility index (Phi) is 87.5. The van der Waals surface area contributed by atoms with Crippen LogP contribution in [0, 0.1) is 0 Å². The van der Waals surface area contributed by atoms with E-state index in [1.54, 1.807) is 0 Å². The number of nitrogens with zero attached hydrogens (tertiary/aromatic N) is 2. The first-order chi connectivity index (χ1) is 44.6. The van der Waals surface area contributed by atoms with Crippen molar-refractivity contribution >= 4 is 10.4 Å². The molecule has 0 rings (SSSR count). The smallest absolute Gasteiger partial charge is 0.394 e. The molecule has 0 saturated carbocycles. The Bertz CT molecular complexity index is 1210. The molecular formula is C82H172N2O6S. The number of likely N-dealkylation sites (N-methyl/N-ethyl adjacent to an activating group) is 2. The van der Waals surface area contributed by atoms with E-state index in [-0.39, 0.29) is 0 Å². The van der Waals surface area contributed by atoms with E-state index in [1.165, 1.54) is 437 Å². The Morgan fingerprint density at radius 2 is 0.330 bits per heavy atom. The number of rotatable bonds is 76. The minimum absolute atomic E-state index is 0.308. The number of hydrogen-bond acceptors (Lipinski definition) is 6. The van der Waals surface area contributed by atoms with Crippen LogP contribution >= 0.6 is 0 Å². The van der Waals surface area contributed by atoms with Crippen LogP contribution in [0.25, 0.3) is 0 Å². The maximum absolute atomic E-state index is 9.60. The summed E-state index contributed by atoms with van der Waals surface area (Å²) in [6.45, 7) is 18.3. The van der Waals surface area contributed by atoms with Gasteiger partial charge in [-0.3, -0.25) is 18.9 Å². The zero-order valence-corrected chi connectivity index (χ0v) is 64.2. The van der Waals surface area contributed by atoms with Gasteiger partial charge in [-0.2, -0.15) is 8.42 Å². The van der Waals surface area contributed by atoms with E-state index >= 15 is 0 Å². The highest BCUT2D eigenvalue weighted by atomic mass is 32.3. The van der Waals surface area contributed by atoms with Crippen molar-refractivity contribution in [2.45, 2.75) is 490 Å². The van der Waals surface area contributed by atoms with Crippen molar-refractivity contribution in [2.24, 2.45) is 0 Å². The molecule has 0 aromatic heterocycles. The molecule has 0 aromatic rings. The van der Waals surface area contributed by atoms with Crippen LogP contribution in [0.5, 0.6) is 0 Å². The van der Waals surface area contributed by atoms with Crippen molar-refractivity contribution in [1.82, 2.24) is 9.80 Å². The Labute approximate surface area is 574 Å². The van der Waals surface area contributed by atoms with Crippen LogP contribution < -0.4 is 0 Å². The van der Waals surface area contributed by atoms with Crippen LogP contribution in [0.15, 0.2) is 0 Å². The maximum atomic E-state index is 9.60. The minimum atomic E-state index is -4.67. The van der Waals surface area contributed by atoms with E-state index in [1.807, 2.05) is 0 Å². The largest absolute Gasteiger partial charge is 0.395 e. The minimum Gasteiger partial charge on any atom is -0.395 e. The number of unbranched alkanes of at least 4 members (excludes halogenated alkanes) is 60. The van der Waals surface area contributed by atoms with Gasteiger partial charge in [-0.15, -0.1) is 0 Å². The van der Waals surface area contributed by atoms with Gasteiger partial charge < -0.3 is 10.2 Å². The van der Waals surface area contributed by atoms with Gasteiger partial charge >= 0.3 is 10.4 Å². The summed E-state index contributed by atoms with van der Waals surface area (Å²) >= 11 is 0. The molecule has 0 heterocycles. The SMILES string of the molecule is CCCCCCCCCCCCCCCCCCC(CCCCCCCCCCCCCCCCCC)N(CC)CCO.CCCCCCCCCCCCCCCCCCC(CCCCCCCCCCCCCCCCCC)N(CC)CCO.O=S(=O)(O)O. The Morgan fingerprint density at radius 3 is 0.429 bits per heavy atom. The van der Waals surface area contributed by atoms with Gasteiger partial charge in [0.1, 0.15) is 0 Å². The fourth-order valence-electron chi connectivity index (χ4n) is 14.2. The molecule has 0 fully saturated rings. The van der Waals surface area contributed by atoms with Crippen LogP contribution in [0.2, 0.25) is 0 Å². The van der Waals surface area contributed by atoms with Crippen LogP contribution in [0.1, 0.15) is 478 Å². The van der Waals surface area contributed by atoms with Gasteiger partial charge in [0.05, 0.1) is 13.2 Å². The molecule has 0 aliphatic carbocycles. The van der Waals surface area contributed by atoms with Gasteiger partial charge in [0.15, 0.2) is 0 Å². The van der Waals surface area contributed by atoms with Gasteiger partial charge in [-0.05, 0) is 38.8 Å². The molecule has 0 radical (unpaired) electrons. The lowest BCUT2D eigenvalue weighted by molar-refractivity contribution is 0.140. The van der Waals surface area contributed by atoms with Crippen LogP contribution in [-0.4, -0.2) is 89.0 Å². The number of aliphatic hydroxyl groups excluding tert-OH is 2. The van der Waals surface area contributed by atoms with Crippen molar-refractivity contribution in [2.75, 3.05) is 39.4 Å². The van der Waals surface area contributed by atoms with Crippen molar-refractivity contribution in [1.29, 1.82) is 0 Å². The molecule has 0 atom stereocenters. The van der Waals surface area contributed by atoms with Gasteiger partial charge in [0.2, 0.25) is 0 Å². The summed E-state index contributed by atoms with van der Waals surface area (Å²) in [6.07, 6.45) is 97.7. The van der Waals surface area contributed by atoms with Crippen molar-refractivity contribution < 1.29 is 27.7 Å². The number of hydrogen-bond donors (Lipinski definition) is 4. The summed E-state index contributed by atoms with van der Waals surface area (Å²) in [5, 5.41) is 19.2. The quantitative estimate of drug-likeness (QED) is 0.0351. The fourth-order valence-corrected chi connectivity index (χ4v) is 14.2. The summed E-state index contributed by atoms with van der Waals surface area (Å²) in [5.74, 6) is 0. The lowest BCUT2D eigenvalue weighted by atomic mass is 9.98. The normalized spacial score (nSPS) is 11.8. The molecule has 0 aromatic carbocycles. The average Bonchev–Trinajstić information content (AvgIpc) is 3.59. The second kappa shape index (κ2) is 83.9. The topological polar surface area (TPSA) is 122 Å². The second-order valence-electron chi connectivity index (χ2n) is 28.8. The molecule has 0 saturated heterocycles. The highest BCUT2D eigenvalue weighted by Gasteiger charge is 2.18. The molecule has 91 heavy (non-hydrogen) atoms. The third-order valence-electron chi connectivity index (χ3n) is 20.2. The molecule has 0 aliphatic heterocycles. The van der Waals surface area contributed by atoms with E-state index in [0.717, 1.165) is 26.2 Å². The molecule has 0 aliphatic rings. The molecule has 552 valence electrons. The average molecular weight is 1310 g/mol. The molecule has 8 nitrogen and oxygen atoms in total. The van der Waals surface area contributed by atoms with Crippen molar-refractivity contribution in [3.05, 3.63) is 0 Å². The molecule has 0 unspecified atom stereocenters. The summed E-state index contributed by atoms with van der Waals surface area (Å²) in [7, 11) is -4.67. The molecule has 0 spiro atoms. The van der Waals surface area contributed by atoms with E-state index in [0.29, 0.717) is 25.3 Å². The predicted octanol–water partition coefficient (Wildman–Crippen LogP) is 27.3.